The van der Waals surface area contributed by atoms with E-state index in [2.05, 4.69) is 40.2 Å². The van der Waals surface area contributed by atoms with E-state index in [9.17, 15) is 4.79 Å². The summed E-state index contributed by atoms with van der Waals surface area (Å²) in [7, 11) is 0. The Bertz CT molecular complexity index is 335. The van der Waals surface area contributed by atoms with E-state index in [1.807, 2.05) is 0 Å². The summed E-state index contributed by atoms with van der Waals surface area (Å²) < 4.78 is 9.98. The molecule has 0 radical (unpaired) electrons. The van der Waals surface area contributed by atoms with Gasteiger partial charge in [-0.05, 0) is 24.5 Å². The van der Waals surface area contributed by atoms with E-state index in [0.29, 0.717) is 13.2 Å². The lowest BCUT2D eigenvalue weighted by molar-refractivity contribution is -0.148. The fraction of sp³-hybridized carbons (Fsp3) is 0.462. The zero-order chi connectivity index (χ0) is 12.5. The summed E-state index contributed by atoms with van der Waals surface area (Å²) in [5, 5.41) is 0.868. The highest BCUT2D eigenvalue weighted by Gasteiger charge is 2.01. The zero-order valence-corrected chi connectivity index (χ0v) is 11.5. The van der Waals surface area contributed by atoms with Gasteiger partial charge in [0.05, 0.1) is 13.2 Å². The second-order valence-electron chi connectivity index (χ2n) is 3.56. The molecule has 17 heavy (non-hydrogen) atoms. The van der Waals surface area contributed by atoms with Gasteiger partial charge in [-0.3, -0.25) is 0 Å². The van der Waals surface area contributed by atoms with Gasteiger partial charge in [0.1, 0.15) is 6.61 Å². The normalized spacial score (nSPS) is 10.2. The van der Waals surface area contributed by atoms with Gasteiger partial charge >= 0.3 is 5.97 Å². The monoisotopic (exact) mass is 300 g/mol. The zero-order valence-electron chi connectivity index (χ0n) is 9.95. The lowest BCUT2D eigenvalue weighted by Gasteiger charge is -2.05. The number of hydrogen-bond donors (Lipinski definition) is 0. The van der Waals surface area contributed by atoms with Crippen LogP contribution in [0.3, 0.4) is 0 Å². The maximum atomic E-state index is 11.0. The minimum absolute atomic E-state index is 0.0350. The van der Waals surface area contributed by atoms with E-state index in [-0.39, 0.29) is 12.6 Å². The van der Waals surface area contributed by atoms with Crippen molar-refractivity contribution in [3.05, 3.63) is 35.4 Å². The SMILES string of the molecule is CCOC(=O)COCCc1ccc(CBr)cc1. The van der Waals surface area contributed by atoms with Gasteiger partial charge in [-0.15, -0.1) is 0 Å². The Hall–Kier alpha value is -0.870. The highest BCUT2D eigenvalue weighted by Crippen LogP contribution is 2.08. The van der Waals surface area contributed by atoms with Crippen LogP contribution in [0, 0.1) is 0 Å². The molecule has 0 heterocycles. The third kappa shape index (κ3) is 5.84. The van der Waals surface area contributed by atoms with Crippen molar-refractivity contribution in [1.82, 2.24) is 0 Å². The average molecular weight is 301 g/mol. The molecule has 0 aliphatic rings. The summed E-state index contributed by atoms with van der Waals surface area (Å²) in [4.78, 5) is 11.0. The number of benzene rings is 1. The first-order valence-corrected chi connectivity index (χ1v) is 6.75. The van der Waals surface area contributed by atoms with E-state index in [4.69, 9.17) is 9.47 Å². The van der Waals surface area contributed by atoms with Crippen molar-refractivity contribution in [3.63, 3.8) is 0 Å². The minimum Gasteiger partial charge on any atom is -0.464 e. The Morgan fingerprint density at radius 3 is 2.47 bits per heavy atom. The van der Waals surface area contributed by atoms with Crippen LogP contribution in [-0.2, 0) is 26.0 Å². The topological polar surface area (TPSA) is 35.5 Å². The molecule has 4 heteroatoms. The van der Waals surface area contributed by atoms with E-state index >= 15 is 0 Å². The molecule has 0 N–H and O–H groups in total. The molecule has 0 aliphatic heterocycles. The number of carbonyl (C=O) groups excluding carboxylic acids is 1. The van der Waals surface area contributed by atoms with Crippen molar-refractivity contribution in [2.75, 3.05) is 19.8 Å². The van der Waals surface area contributed by atoms with Gasteiger partial charge in [0.25, 0.3) is 0 Å². The molecule has 1 aromatic rings. The fourth-order valence-electron chi connectivity index (χ4n) is 1.34. The third-order valence-corrected chi connectivity index (χ3v) is 2.89. The van der Waals surface area contributed by atoms with E-state index in [1.54, 1.807) is 6.92 Å². The molecule has 0 aromatic heterocycles. The standard InChI is InChI=1S/C13H17BrO3/c1-2-17-13(15)10-16-8-7-11-3-5-12(9-14)6-4-11/h3-6H,2,7-10H2,1H3. The molecule has 94 valence electrons. The van der Waals surface area contributed by atoms with Crippen LogP contribution < -0.4 is 0 Å². The van der Waals surface area contributed by atoms with Gasteiger partial charge < -0.3 is 9.47 Å². The summed E-state index contributed by atoms with van der Waals surface area (Å²) in [6.07, 6.45) is 0.808. The van der Waals surface area contributed by atoms with Gasteiger partial charge in [-0.2, -0.15) is 0 Å². The highest BCUT2D eigenvalue weighted by molar-refractivity contribution is 9.08. The second kappa shape index (κ2) is 8.25. The molecular weight excluding hydrogens is 284 g/mol. The van der Waals surface area contributed by atoms with Crippen molar-refractivity contribution in [1.29, 1.82) is 0 Å². The number of halogens is 1. The molecule has 0 saturated heterocycles. The Labute approximate surface area is 110 Å². The van der Waals surface area contributed by atoms with Crippen LogP contribution in [0.25, 0.3) is 0 Å². The van der Waals surface area contributed by atoms with Crippen molar-refractivity contribution in [3.8, 4) is 0 Å². The minimum atomic E-state index is -0.304. The maximum absolute atomic E-state index is 11.0. The molecule has 0 bridgehead atoms. The van der Waals surface area contributed by atoms with Gasteiger partial charge in [-0.25, -0.2) is 4.79 Å². The van der Waals surface area contributed by atoms with Crippen molar-refractivity contribution < 1.29 is 14.3 Å². The Morgan fingerprint density at radius 1 is 1.24 bits per heavy atom. The van der Waals surface area contributed by atoms with E-state index in [0.717, 1.165) is 11.8 Å². The molecule has 0 spiro atoms. The van der Waals surface area contributed by atoms with Crippen LogP contribution in [0.1, 0.15) is 18.1 Å². The van der Waals surface area contributed by atoms with Crippen molar-refractivity contribution in [2.24, 2.45) is 0 Å². The predicted octanol–water partition coefficient (Wildman–Crippen LogP) is 2.70. The lowest BCUT2D eigenvalue weighted by atomic mass is 10.1. The molecule has 0 atom stereocenters. The molecule has 0 aliphatic carbocycles. The number of rotatable bonds is 7. The van der Waals surface area contributed by atoms with Crippen LogP contribution in [0.2, 0.25) is 0 Å². The van der Waals surface area contributed by atoms with Crippen LogP contribution >= 0.6 is 15.9 Å². The average Bonchev–Trinajstić information content (AvgIpc) is 2.36. The van der Waals surface area contributed by atoms with Crippen LogP contribution in [-0.4, -0.2) is 25.8 Å². The first-order chi connectivity index (χ1) is 8.26. The summed E-state index contributed by atoms with van der Waals surface area (Å²) in [5.41, 5.74) is 2.46. The largest absolute Gasteiger partial charge is 0.464 e. The van der Waals surface area contributed by atoms with Crippen LogP contribution in [0.15, 0.2) is 24.3 Å². The Balaban J connectivity index is 2.19. The van der Waals surface area contributed by atoms with Crippen molar-refractivity contribution >= 4 is 21.9 Å². The third-order valence-electron chi connectivity index (χ3n) is 2.24. The summed E-state index contributed by atoms with van der Waals surface area (Å²) in [6, 6.07) is 8.31. The second-order valence-corrected chi connectivity index (χ2v) is 4.12. The van der Waals surface area contributed by atoms with Gasteiger partial charge in [0, 0.05) is 5.33 Å². The van der Waals surface area contributed by atoms with Gasteiger partial charge in [0.15, 0.2) is 0 Å². The van der Waals surface area contributed by atoms with Crippen molar-refractivity contribution in [2.45, 2.75) is 18.7 Å². The molecule has 1 aromatic carbocycles. The lowest BCUT2D eigenvalue weighted by Crippen LogP contribution is -2.13. The molecular formula is C13H17BrO3. The maximum Gasteiger partial charge on any atom is 0.332 e. The number of hydrogen-bond acceptors (Lipinski definition) is 3. The smallest absolute Gasteiger partial charge is 0.332 e. The van der Waals surface area contributed by atoms with Gasteiger partial charge in [0.2, 0.25) is 0 Å². The number of ether oxygens (including phenoxy) is 2. The number of esters is 1. The Morgan fingerprint density at radius 2 is 1.88 bits per heavy atom. The first-order valence-electron chi connectivity index (χ1n) is 5.63. The molecule has 0 fully saturated rings. The number of alkyl halides is 1. The Kier molecular flexibility index (Phi) is 6.89. The van der Waals surface area contributed by atoms with Crippen LogP contribution in [0.5, 0.6) is 0 Å². The van der Waals surface area contributed by atoms with E-state index < -0.39 is 0 Å². The fourth-order valence-corrected chi connectivity index (χ4v) is 1.72. The van der Waals surface area contributed by atoms with E-state index in [1.165, 1.54) is 11.1 Å². The molecule has 3 nitrogen and oxygen atoms in total. The first kappa shape index (κ1) is 14.2. The molecule has 0 unspecified atom stereocenters. The quantitative estimate of drug-likeness (QED) is 0.441. The molecule has 1 rings (SSSR count). The van der Waals surface area contributed by atoms with Gasteiger partial charge in [-0.1, -0.05) is 40.2 Å². The molecule has 0 amide bonds. The van der Waals surface area contributed by atoms with Crippen LogP contribution in [0.4, 0.5) is 0 Å². The molecule has 0 saturated carbocycles. The summed E-state index contributed by atoms with van der Waals surface area (Å²) in [6.45, 7) is 2.75. The summed E-state index contributed by atoms with van der Waals surface area (Å²) in [5.74, 6) is -0.304. The summed E-state index contributed by atoms with van der Waals surface area (Å²) >= 11 is 3.40. The highest BCUT2D eigenvalue weighted by atomic mass is 79.9. The number of carbonyl (C=O) groups is 1. The predicted molar refractivity (Wildman–Crippen MR) is 70.2 cm³/mol.